The van der Waals surface area contributed by atoms with E-state index in [2.05, 4.69) is 4.98 Å². The van der Waals surface area contributed by atoms with Crippen LogP contribution in [0.4, 0.5) is 0 Å². The van der Waals surface area contributed by atoms with E-state index in [0.717, 1.165) is 0 Å². The largest absolute Gasteiger partial charge is 0.497 e. The number of hydrogen-bond acceptors (Lipinski definition) is 5. The molecule has 2 aromatic carbocycles. The van der Waals surface area contributed by atoms with Gasteiger partial charge in [-0.25, -0.2) is 9.78 Å². The minimum atomic E-state index is -0.442. The third kappa shape index (κ3) is 2.72. The van der Waals surface area contributed by atoms with Crippen LogP contribution >= 0.6 is 0 Å². The second kappa shape index (κ2) is 5.28. The molecule has 0 aliphatic heterocycles. The fourth-order valence-corrected chi connectivity index (χ4v) is 1.98. The Morgan fingerprint density at radius 3 is 2.52 bits per heavy atom. The summed E-state index contributed by atoms with van der Waals surface area (Å²) >= 11 is 0. The fraction of sp³-hybridized carbons (Fsp3) is 0.125. The molecule has 0 saturated carbocycles. The van der Waals surface area contributed by atoms with Gasteiger partial charge in [-0.1, -0.05) is 0 Å². The van der Waals surface area contributed by atoms with Crippen molar-refractivity contribution >= 4 is 17.1 Å². The minimum Gasteiger partial charge on any atom is -0.497 e. The van der Waals surface area contributed by atoms with E-state index in [1.807, 2.05) is 0 Å². The van der Waals surface area contributed by atoms with Gasteiger partial charge in [-0.05, 0) is 42.5 Å². The van der Waals surface area contributed by atoms with Gasteiger partial charge in [-0.2, -0.15) is 0 Å². The monoisotopic (exact) mass is 283 g/mol. The Kier molecular flexibility index (Phi) is 3.31. The average molecular weight is 283 g/mol. The van der Waals surface area contributed by atoms with E-state index in [9.17, 15) is 4.79 Å². The molecule has 0 atom stereocenters. The van der Waals surface area contributed by atoms with Crippen molar-refractivity contribution in [2.24, 2.45) is 0 Å². The first-order valence-corrected chi connectivity index (χ1v) is 6.39. The summed E-state index contributed by atoms with van der Waals surface area (Å²) in [6.07, 6.45) is 0. The highest BCUT2D eigenvalue weighted by Gasteiger charge is 2.11. The number of nitrogens with zero attached hydrogens (tertiary/aromatic N) is 1. The second-order valence-corrected chi connectivity index (χ2v) is 4.48. The highest BCUT2D eigenvalue weighted by molar-refractivity contribution is 5.94. The number of oxazole rings is 1. The first kappa shape index (κ1) is 13.2. The Bertz CT molecular complexity index is 790. The molecule has 0 unspecified atom stereocenters. The Morgan fingerprint density at radius 2 is 1.81 bits per heavy atom. The van der Waals surface area contributed by atoms with Crippen molar-refractivity contribution < 1.29 is 18.7 Å². The van der Waals surface area contributed by atoms with Crippen LogP contribution < -0.4 is 9.47 Å². The SMILES string of the molecule is COc1ccc(OC(=O)c2ccc3oc(C)nc3c2)cc1. The van der Waals surface area contributed by atoms with Gasteiger partial charge in [0.05, 0.1) is 12.7 Å². The van der Waals surface area contributed by atoms with Crippen molar-refractivity contribution in [3.63, 3.8) is 0 Å². The van der Waals surface area contributed by atoms with Crippen molar-refractivity contribution in [1.29, 1.82) is 0 Å². The lowest BCUT2D eigenvalue weighted by atomic mass is 10.2. The van der Waals surface area contributed by atoms with E-state index in [1.165, 1.54) is 0 Å². The number of carbonyl (C=O) groups is 1. The third-order valence-corrected chi connectivity index (χ3v) is 3.00. The van der Waals surface area contributed by atoms with Gasteiger partial charge < -0.3 is 13.9 Å². The molecule has 1 aromatic heterocycles. The molecule has 1 heterocycles. The first-order chi connectivity index (χ1) is 10.2. The van der Waals surface area contributed by atoms with Crippen LogP contribution in [0.15, 0.2) is 46.9 Å². The lowest BCUT2D eigenvalue weighted by Crippen LogP contribution is -2.08. The van der Waals surface area contributed by atoms with Crippen LogP contribution in [0.2, 0.25) is 0 Å². The van der Waals surface area contributed by atoms with Crippen LogP contribution in [0.1, 0.15) is 16.2 Å². The average Bonchev–Trinajstić information content (AvgIpc) is 2.87. The maximum absolute atomic E-state index is 12.1. The molecule has 0 fully saturated rings. The number of rotatable bonds is 3. The third-order valence-electron chi connectivity index (χ3n) is 3.00. The second-order valence-electron chi connectivity index (χ2n) is 4.48. The lowest BCUT2D eigenvalue weighted by molar-refractivity contribution is 0.0735. The van der Waals surface area contributed by atoms with Crippen LogP contribution in [0.3, 0.4) is 0 Å². The van der Waals surface area contributed by atoms with Gasteiger partial charge in [0.25, 0.3) is 0 Å². The Balaban J connectivity index is 1.82. The highest BCUT2D eigenvalue weighted by atomic mass is 16.5. The number of fused-ring (bicyclic) bond motifs is 1. The van der Waals surface area contributed by atoms with Gasteiger partial charge in [0, 0.05) is 6.92 Å². The summed E-state index contributed by atoms with van der Waals surface area (Å²) in [6, 6.07) is 11.8. The van der Waals surface area contributed by atoms with Gasteiger partial charge in [0.2, 0.25) is 0 Å². The van der Waals surface area contributed by atoms with Crippen LogP contribution in [0.5, 0.6) is 11.5 Å². The molecule has 21 heavy (non-hydrogen) atoms. The number of carbonyl (C=O) groups excluding carboxylic acids is 1. The molecule has 0 spiro atoms. The fourth-order valence-electron chi connectivity index (χ4n) is 1.98. The molecule has 5 heteroatoms. The van der Waals surface area contributed by atoms with Crippen molar-refractivity contribution in [3.05, 3.63) is 53.9 Å². The molecule has 0 aliphatic rings. The predicted molar refractivity (Wildman–Crippen MR) is 76.7 cm³/mol. The van der Waals surface area contributed by atoms with Crippen LogP contribution in [0.25, 0.3) is 11.1 Å². The Labute approximate surface area is 121 Å². The lowest BCUT2D eigenvalue weighted by Gasteiger charge is -2.05. The Hall–Kier alpha value is -2.82. The van der Waals surface area contributed by atoms with Gasteiger partial charge in [-0.3, -0.25) is 0 Å². The van der Waals surface area contributed by atoms with Gasteiger partial charge in [0.15, 0.2) is 11.5 Å². The van der Waals surface area contributed by atoms with Crippen LogP contribution in [-0.2, 0) is 0 Å². The van der Waals surface area contributed by atoms with Gasteiger partial charge in [0.1, 0.15) is 17.0 Å². The van der Waals surface area contributed by atoms with E-state index < -0.39 is 5.97 Å². The zero-order valence-electron chi connectivity index (χ0n) is 11.6. The minimum absolute atomic E-state index is 0.423. The van der Waals surface area contributed by atoms with Crippen molar-refractivity contribution in [3.8, 4) is 11.5 Å². The van der Waals surface area contributed by atoms with Crippen molar-refractivity contribution in [2.45, 2.75) is 6.92 Å². The molecular weight excluding hydrogens is 270 g/mol. The number of methoxy groups -OCH3 is 1. The predicted octanol–water partition coefficient (Wildman–Crippen LogP) is 3.36. The number of benzene rings is 2. The molecule has 0 bridgehead atoms. The summed E-state index contributed by atoms with van der Waals surface area (Å²) in [7, 11) is 1.58. The molecule has 3 rings (SSSR count). The number of aromatic nitrogens is 1. The zero-order valence-corrected chi connectivity index (χ0v) is 11.6. The Morgan fingerprint density at radius 1 is 1.10 bits per heavy atom. The van der Waals surface area contributed by atoms with Crippen LogP contribution in [-0.4, -0.2) is 18.1 Å². The van der Waals surface area contributed by atoms with Crippen molar-refractivity contribution in [1.82, 2.24) is 4.98 Å². The topological polar surface area (TPSA) is 61.6 Å². The summed E-state index contributed by atoms with van der Waals surface area (Å²) in [5.74, 6) is 1.28. The molecule has 0 aliphatic carbocycles. The summed E-state index contributed by atoms with van der Waals surface area (Å²) in [5.41, 5.74) is 1.71. The maximum Gasteiger partial charge on any atom is 0.343 e. The van der Waals surface area contributed by atoms with E-state index in [1.54, 1.807) is 56.5 Å². The highest BCUT2D eigenvalue weighted by Crippen LogP contribution is 2.20. The number of aryl methyl sites for hydroxylation is 1. The number of hydrogen-bond donors (Lipinski definition) is 0. The summed E-state index contributed by atoms with van der Waals surface area (Å²) < 4.78 is 15.7. The normalized spacial score (nSPS) is 10.6. The van der Waals surface area contributed by atoms with Crippen molar-refractivity contribution in [2.75, 3.05) is 7.11 Å². The number of ether oxygens (including phenoxy) is 2. The quantitative estimate of drug-likeness (QED) is 0.545. The summed E-state index contributed by atoms with van der Waals surface area (Å²) in [4.78, 5) is 16.3. The molecule has 5 nitrogen and oxygen atoms in total. The van der Waals surface area contributed by atoms with Gasteiger partial charge >= 0.3 is 5.97 Å². The van der Waals surface area contributed by atoms with Gasteiger partial charge in [-0.15, -0.1) is 0 Å². The van der Waals surface area contributed by atoms with E-state index >= 15 is 0 Å². The van der Waals surface area contributed by atoms with E-state index in [0.29, 0.717) is 34.1 Å². The number of esters is 1. The molecule has 0 amide bonds. The zero-order chi connectivity index (χ0) is 14.8. The van der Waals surface area contributed by atoms with E-state index in [4.69, 9.17) is 13.9 Å². The van der Waals surface area contributed by atoms with Crippen LogP contribution in [0, 0.1) is 6.92 Å². The molecular formula is C16H13NO4. The molecule has 3 aromatic rings. The maximum atomic E-state index is 12.1. The molecule has 106 valence electrons. The first-order valence-electron chi connectivity index (χ1n) is 6.39. The smallest absolute Gasteiger partial charge is 0.343 e. The standard InChI is InChI=1S/C16H13NO4/c1-10-17-14-9-11(3-8-15(14)20-10)16(18)21-13-6-4-12(19-2)5-7-13/h3-9H,1-2H3. The molecule has 0 saturated heterocycles. The summed E-state index contributed by atoms with van der Waals surface area (Å²) in [6.45, 7) is 1.76. The molecule has 0 N–H and O–H groups in total. The van der Waals surface area contributed by atoms with E-state index in [-0.39, 0.29) is 0 Å². The molecule has 0 radical (unpaired) electrons. The summed E-state index contributed by atoms with van der Waals surface area (Å²) in [5, 5.41) is 0.